The molecule has 0 aliphatic carbocycles. The molecule has 160 valence electrons. The van der Waals surface area contributed by atoms with Gasteiger partial charge in [-0.1, -0.05) is 12.1 Å². The third-order valence-electron chi connectivity index (χ3n) is 3.98. The van der Waals surface area contributed by atoms with Crippen LogP contribution in [0.15, 0.2) is 41.5 Å². The van der Waals surface area contributed by atoms with Crippen LogP contribution in [0.3, 0.4) is 0 Å². The molecule has 3 N–H and O–H groups in total. The number of hydrazone groups is 1. The molecule has 0 saturated heterocycles. The number of rotatable bonds is 12. The Morgan fingerprint density at radius 1 is 1.20 bits per heavy atom. The SMILES string of the molecule is CC(C)=NNc1ccc(OCCC(C)NCC(O)COc2ccccc2C#N)nn1. The highest BCUT2D eigenvalue weighted by Crippen LogP contribution is 2.16. The normalized spacial score (nSPS) is 12.4. The Morgan fingerprint density at radius 2 is 2.00 bits per heavy atom. The minimum absolute atomic E-state index is 0.104. The first-order chi connectivity index (χ1) is 14.5. The number of ether oxygens (including phenoxy) is 2. The highest BCUT2D eigenvalue weighted by atomic mass is 16.5. The van der Waals surface area contributed by atoms with Crippen molar-refractivity contribution in [2.24, 2.45) is 5.10 Å². The Kier molecular flexibility index (Phi) is 9.51. The molecule has 0 radical (unpaired) electrons. The van der Waals surface area contributed by atoms with Crippen LogP contribution in [0.2, 0.25) is 0 Å². The summed E-state index contributed by atoms with van der Waals surface area (Å²) in [5.74, 6) is 1.46. The van der Waals surface area contributed by atoms with Gasteiger partial charge in [0.25, 0.3) is 0 Å². The van der Waals surface area contributed by atoms with Crippen molar-refractivity contribution in [2.45, 2.75) is 39.3 Å². The predicted octanol–water partition coefficient (Wildman–Crippen LogP) is 2.34. The van der Waals surface area contributed by atoms with E-state index in [1.807, 2.05) is 20.8 Å². The summed E-state index contributed by atoms with van der Waals surface area (Å²) >= 11 is 0. The molecular weight excluding hydrogens is 384 g/mol. The lowest BCUT2D eigenvalue weighted by Gasteiger charge is -2.18. The maximum atomic E-state index is 10.1. The van der Waals surface area contributed by atoms with E-state index in [0.717, 1.165) is 12.1 Å². The van der Waals surface area contributed by atoms with Gasteiger partial charge in [-0.25, -0.2) is 0 Å². The maximum Gasteiger partial charge on any atom is 0.233 e. The van der Waals surface area contributed by atoms with Crippen LogP contribution in [0.1, 0.15) is 32.8 Å². The molecule has 1 heterocycles. The summed E-state index contributed by atoms with van der Waals surface area (Å²) in [6.07, 6.45) is 0.0340. The Balaban J connectivity index is 1.63. The lowest BCUT2D eigenvalue weighted by molar-refractivity contribution is 0.103. The van der Waals surface area contributed by atoms with E-state index in [9.17, 15) is 5.11 Å². The molecule has 0 saturated carbocycles. The van der Waals surface area contributed by atoms with Crippen LogP contribution >= 0.6 is 0 Å². The summed E-state index contributed by atoms with van der Waals surface area (Å²) in [5.41, 5.74) is 4.14. The molecule has 2 unspecified atom stereocenters. The summed E-state index contributed by atoms with van der Waals surface area (Å²) in [5, 5.41) is 34.4. The van der Waals surface area contributed by atoms with Gasteiger partial charge in [0.1, 0.15) is 24.5 Å². The minimum atomic E-state index is -0.694. The van der Waals surface area contributed by atoms with Crippen LogP contribution in [0.4, 0.5) is 5.82 Å². The molecule has 0 bridgehead atoms. The summed E-state index contributed by atoms with van der Waals surface area (Å²) in [6, 6.07) is 12.6. The number of nitrogens with zero attached hydrogens (tertiary/aromatic N) is 4. The van der Waals surface area contributed by atoms with Crippen molar-refractivity contribution in [3.05, 3.63) is 42.0 Å². The lowest BCUT2D eigenvalue weighted by Crippen LogP contribution is -2.37. The number of hydrogen-bond acceptors (Lipinski definition) is 9. The fourth-order valence-corrected chi connectivity index (χ4v) is 2.34. The number of nitrogens with one attached hydrogen (secondary N) is 2. The van der Waals surface area contributed by atoms with Crippen LogP contribution in [0.25, 0.3) is 0 Å². The Morgan fingerprint density at radius 3 is 2.70 bits per heavy atom. The highest BCUT2D eigenvalue weighted by Gasteiger charge is 2.10. The van der Waals surface area contributed by atoms with Gasteiger partial charge in [0.2, 0.25) is 5.88 Å². The standard InChI is InChI=1S/C21H28N6O3/c1-15(2)24-25-20-8-9-21(27-26-20)29-11-10-16(3)23-13-18(28)14-30-19-7-5-4-6-17(19)12-22/h4-9,16,18,23,28H,10-11,13-14H2,1-3H3,(H,25,26). The minimum Gasteiger partial charge on any atom is -0.489 e. The van der Waals surface area contributed by atoms with Gasteiger partial charge in [-0.15, -0.1) is 10.2 Å². The zero-order valence-electron chi connectivity index (χ0n) is 17.5. The molecular formula is C21H28N6O3. The fraction of sp³-hybridized carbons (Fsp3) is 0.429. The van der Waals surface area contributed by atoms with Gasteiger partial charge in [0.15, 0.2) is 5.82 Å². The van der Waals surface area contributed by atoms with Crippen LogP contribution in [-0.4, -0.2) is 52.9 Å². The zero-order valence-corrected chi connectivity index (χ0v) is 17.5. The van der Waals surface area contributed by atoms with E-state index in [0.29, 0.717) is 36.2 Å². The van der Waals surface area contributed by atoms with Crippen molar-refractivity contribution in [2.75, 3.05) is 25.2 Å². The predicted molar refractivity (Wildman–Crippen MR) is 115 cm³/mol. The fourth-order valence-electron chi connectivity index (χ4n) is 2.34. The molecule has 9 heteroatoms. The molecule has 0 aliphatic rings. The monoisotopic (exact) mass is 412 g/mol. The summed E-state index contributed by atoms with van der Waals surface area (Å²) in [6.45, 7) is 6.70. The van der Waals surface area contributed by atoms with E-state index < -0.39 is 6.10 Å². The second-order valence-electron chi connectivity index (χ2n) is 6.95. The number of aliphatic hydroxyl groups is 1. The molecule has 2 atom stereocenters. The summed E-state index contributed by atoms with van der Waals surface area (Å²) < 4.78 is 11.1. The van der Waals surface area contributed by atoms with E-state index in [1.54, 1.807) is 36.4 Å². The van der Waals surface area contributed by atoms with Gasteiger partial charge in [-0.05, 0) is 45.4 Å². The molecule has 0 fully saturated rings. The molecule has 0 aliphatic heterocycles. The number of aliphatic hydroxyl groups excluding tert-OH is 1. The number of para-hydroxylation sites is 1. The van der Waals surface area contributed by atoms with Crippen molar-refractivity contribution in [1.82, 2.24) is 15.5 Å². The molecule has 30 heavy (non-hydrogen) atoms. The smallest absolute Gasteiger partial charge is 0.233 e. The van der Waals surface area contributed by atoms with Crippen LogP contribution < -0.4 is 20.2 Å². The van der Waals surface area contributed by atoms with Gasteiger partial charge >= 0.3 is 0 Å². The van der Waals surface area contributed by atoms with Crippen LogP contribution in [-0.2, 0) is 0 Å². The lowest BCUT2D eigenvalue weighted by atomic mass is 10.2. The molecule has 2 rings (SSSR count). The van der Waals surface area contributed by atoms with E-state index in [-0.39, 0.29) is 12.6 Å². The number of nitriles is 1. The highest BCUT2D eigenvalue weighted by molar-refractivity contribution is 5.79. The van der Waals surface area contributed by atoms with E-state index in [4.69, 9.17) is 14.7 Å². The first-order valence-corrected chi connectivity index (χ1v) is 9.74. The Labute approximate surface area is 176 Å². The average Bonchev–Trinajstić information content (AvgIpc) is 2.75. The quantitative estimate of drug-likeness (QED) is 0.358. The molecule has 0 amide bonds. The van der Waals surface area contributed by atoms with E-state index >= 15 is 0 Å². The van der Waals surface area contributed by atoms with Gasteiger partial charge < -0.3 is 19.9 Å². The third kappa shape index (κ3) is 8.43. The van der Waals surface area contributed by atoms with Crippen molar-refractivity contribution >= 4 is 11.5 Å². The summed E-state index contributed by atoms with van der Waals surface area (Å²) in [7, 11) is 0. The number of anilines is 1. The molecule has 1 aromatic carbocycles. The molecule has 0 spiro atoms. The molecule has 2 aromatic rings. The molecule has 1 aromatic heterocycles. The van der Waals surface area contributed by atoms with Gasteiger partial charge in [0.05, 0.1) is 12.2 Å². The van der Waals surface area contributed by atoms with Crippen molar-refractivity contribution in [3.63, 3.8) is 0 Å². The third-order valence-corrected chi connectivity index (χ3v) is 3.98. The largest absolute Gasteiger partial charge is 0.489 e. The zero-order chi connectivity index (χ0) is 21.8. The van der Waals surface area contributed by atoms with E-state index in [1.165, 1.54) is 0 Å². The molecule has 9 nitrogen and oxygen atoms in total. The first kappa shape index (κ1) is 23.1. The van der Waals surface area contributed by atoms with E-state index in [2.05, 4.69) is 32.1 Å². The van der Waals surface area contributed by atoms with Gasteiger partial charge in [0, 0.05) is 24.4 Å². The van der Waals surface area contributed by atoms with Crippen LogP contribution in [0, 0.1) is 11.3 Å². The summed E-state index contributed by atoms with van der Waals surface area (Å²) in [4.78, 5) is 0. The van der Waals surface area contributed by atoms with Crippen LogP contribution in [0.5, 0.6) is 11.6 Å². The van der Waals surface area contributed by atoms with Crippen molar-refractivity contribution in [3.8, 4) is 17.7 Å². The second kappa shape index (κ2) is 12.4. The average molecular weight is 412 g/mol. The Bertz CT molecular complexity index is 847. The number of benzene rings is 1. The first-order valence-electron chi connectivity index (χ1n) is 9.74. The number of aromatic nitrogens is 2. The van der Waals surface area contributed by atoms with Gasteiger partial charge in [-0.2, -0.15) is 10.4 Å². The van der Waals surface area contributed by atoms with Crippen molar-refractivity contribution < 1.29 is 14.6 Å². The Hall–Kier alpha value is -3.22. The van der Waals surface area contributed by atoms with Gasteiger partial charge in [-0.3, -0.25) is 5.43 Å². The number of hydrogen-bond donors (Lipinski definition) is 3. The topological polar surface area (TPSA) is 125 Å². The second-order valence-corrected chi connectivity index (χ2v) is 6.95. The maximum absolute atomic E-state index is 10.1. The van der Waals surface area contributed by atoms with Crippen molar-refractivity contribution in [1.29, 1.82) is 5.26 Å².